The molecular formula is C22H39NO. The van der Waals surface area contributed by atoms with Gasteiger partial charge in [-0.3, -0.25) is 4.90 Å². The molecule has 0 aromatic carbocycles. The Balaban J connectivity index is 1.71. The van der Waals surface area contributed by atoms with Gasteiger partial charge in [0.2, 0.25) is 0 Å². The fourth-order valence-electron chi connectivity index (χ4n) is 4.37. The lowest BCUT2D eigenvalue weighted by molar-refractivity contribution is 0.103. The van der Waals surface area contributed by atoms with Crippen LogP contribution in [0.5, 0.6) is 0 Å². The minimum atomic E-state index is 0.397. The number of nitrogens with zero attached hydrogens (tertiary/aromatic N) is 1. The number of piperidine rings is 1. The van der Waals surface area contributed by atoms with Gasteiger partial charge in [-0.1, -0.05) is 53.5 Å². The van der Waals surface area contributed by atoms with Crippen molar-refractivity contribution in [1.29, 1.82) is 0 Å². The lowest BCUT2D eigenvalue weighted by Crippen LogP contribution is -2.40. The molecule has 0 aromatic heterocycles. The van der Waals surface area contributed by atoms with Crippen LogP contribution in [-0.2, 0) is 4.74 Å². The highest BCUT2D eigenvalue weighted by molar-refractivity contribution is 5.19. The molecule has 1 heterocycles. The molecule has 0 spiro atoms. The van der Waals surface area contributed by atoms with Crippen LogP contribution in [0, 0.1) is 23.2 Å². The highest BCUT2D eigenvalue weighted by atomic mass is 16.5. The van der Waals surface area contributed by atoms with E-state index < -0.39 is 0 Å². The molecular weight excluding hydrogens is 294 g/mol. The standard InChI is InChI=1S/C22H39NO/c1-6-7-12-22(4,5)20-8-10-21(11-9-20)24-14-13-23-16-18(2)15-19(3)17-23/h8,10-11,18-20H,6-7,9,12-17H2,1-5H3. The number of ether oxygens (including phenoxy) is 1. The van der Waals surface area contributed by atoms with E-state index in [9.17, 15) is 0 Å². The van der Waals surface area contributed by atoms with Crippen LogP contribution in [0.1, 0.15) is 66.7 Å². The second-order valence-electron chi connectivity index (χ2n) is 8.95. The molecule has 0 radical (unpaired) electrons. The fourth-order valence-corrected chi connectivity index (χ4v) is 4.37. The Morgan fingerprint density at radius 1 is 1.21 bits per heavy atom. The minimum absolute atomic E-state index is 0.397. The average Bonchev–Trinajstić information content (AvgIpc) is 2.52. The van der Waals surface area contributed by atoms with Gasteiger partial charge in [0.15, 0.2) is 0 Å². The number of rotatable bonds is 8. The van der Waals surface area contributed by atoms with Crippen molar-refractivity contribution >= 4 is 0 Å². The summed E-state index contributed by atoms with van der Waals surface area (Å²) in [6.07, 6.45) is 13.3. The molecule has 0 bridgehead atoms. The van der Waals surface area contributed by atoms with Gasteiger partial charge >= 0.3 is 0 Å². The van der Waals surface area contributed by atoms with E-state index in [1.54, 1.807) is 0 Å². The van der Waals surface area contributed by atoms with Crippen LogP contribution in [0.4, 0.5) is 0 Å². The highest BCUT2D eigenvalue weighted by Crippen LogP contribution is 2.38. The summed E-state index contributed by atoms with van der Waals surface area (Å²) in [5.74, 6) is 3.39. The molecule has 2 nitrogen and oxygen atoms in total. The van der Waals surface area contributed by atoms with E-state index in [0.29, 0.717) is 11.3 Å². The van der Waals surface area contributed by atoms with Crippen LogP contribution in [0.15, 0.2) is 24.0 Å². The second kappa shape index (κ2) is 9.08. The van der Waals surface area contributed by atoms with Gasteiger partial charge in [-0.15, -0.1) is 0 Å². The first-order valence-corrected chi connectivity index (χ1v) is 10.1. The van der Waals surface area contributed by atoms with Crippen LogP contribution in [0.25, 0.3) is 0 Å². The van der Waals surface area contributed by atoms with E-state index in [0.717, 1.165) is 37.2 Å². The topological polar surface area (TPSA) is 12.5 Å². The summed E-state index contributed by atoms with van der Waals surface area (Å²) in [4.78, 5) is 2.57. The van der Waals surface area contributed by atoms with E-state index in [2.05, 4.69) is 57.7 Å². The van der Waals surface area contributed by atoms with E-state index in [-0.39, 0.29) is 0 Å². The van der Waals surface area contributed by atoms with Crippen molar-refractivity contribution in [2.75, 3.05) is 26.2 Å². The van der Waals surface area contributed by atoms with Gasteiger partial charge < -0.3 is 4.74 Å². The first-order chi connectivity index (χ1) is 11.4. The number of likely N-dealkylation sites (tertiary alicyclic amines) is 1. The fraction of sp³-hybridized carbons (Fsp3) is 0.818. The van der Waals surface area contributed by atoms with Gasteiger partial charge in [-0.2, -0.15) is 0 Å². The van der Waals surface area contributed by atoms with Gasteiger partial charge in [0, 0.05) is 19.6 Å². The summed E-state index contributed by atoms with van der Waals surface area (Å²) in [6.45, 7) is 16.2. The monoisotopic (exact) mass is 333 g/mol. The van der Waals surface area contributed by atoms with Crippen molar-refractivity contribution in [2.45, 2.75) is 66.7 Å². The van der Waals surface area contributed by atoms with Crippen molar-refractivity contribution in [3.05, 3.63) is 24.0 Å². The molecule has 1 aliphatic carbocycles. The van der Waals surface area contributed by atoms with E-state index >= 15 is 0 Å². The smallest absolute Gasteiger partial charge is 0.115 e. The summed E-state index contributed by atoms with van der Waals surface area (Å²) in [5, 5.41) is 0. The molecule has 3 atom stereocenters. The van der Waals surface area contributed by atoms with Gasteiger partial charge in [-0.05, 0) is 54.6 Å². The molecule has 0 N–H and O–H groups in total. The Morgan fingerprint density at radius 2 is 1.92 bits per heavy atom. The highest BCUT2D eigenvalue weighted by Gasteiger charge is 2.27. The summed E-state index contributed by atoms with van der Waals surface area (Å²) < 4.78 is 6.03. The maximum atomic E-state index is 6.03. The lowest BCUT2D eigenvalue weighted by Gasteiger charge is -2.35. The van der Waals surface area contributed by atoms with Crippen molar-refractivity contribution in [2.24, 2.45) is 23.2 Å². The number of allylic oxidation sites excluding steroid dienone is 3. The summed E-state index contributed by atoms with van der Waals surface area (Å²) in [7, 11) is 0. The summed E-state index contributed by atoms with van der Waals surface area (Å²) in [6, 6.07) is 0. The van der Waals surface area contributed by atoms with Crippen LogP contribution in [0.3, 0.4) is 0 Å². The molecule has 0 amide bonds. The molecule has 1 saturated heterocycles. The van der Waals surface area contributed by atoms with Crippen molar-refractivity contribution in [1.82, 2.24) is 4.90 Å². The average molecular weight is 334 g/mol. The van der Waals surface area contributed by atoms with Gasteiger partial charge in [0.05, 0.1) is 0 Å². The maximum absolute atomic E-state index is 6.03. The van der Waals surface area contributed by atoms with Gasteiger partial charge in [-0.25, -0.2) is 0 Å². The largest absolute Gasteiger partial charge is 0.493 e. The number of hydrogen-bond acceptors (Lipinski definition) is 2. The van der Waals surface area contributed by atoms with E-state index in [1.165, 1.54) is 38.8 Å². The lowest BCUT2D eigenvalue weighted by atomic mass is 9.72. The molecule has 2 rings (SSSR count). The zero-order valence-electron chi connectivity index (χ0n) is 16.7. The third-order valence-corrected chi connectivity index (χ3v) is 5.86. The third kappa shape index (κ3) is 5.95. The Bertz CT molecular complexity index is 427. The molecule has 1 fully saturated rings. The zero-order valence-corrected chi connectivity index (χ0v) is 16.7. The predicted octanol–water partition coefficient (Wildman–Crippen LogP) is 5.66. The van der Waals surface area contributed by atoms with Crippen LogP contribution >= 0.6 is 0 Å². The molecule has 138 valence electrons. The van der Waals surface area contributed by atoms with Crippen LogP contribution in [0.2, 0.25) is 0 Å². The number of unbranched alkanes of at least 4 members (excludes halogenated alkanes) is 1. The Labute approximate surface area is 150 Å². The third-order valence-electron chi connectivity index (χ3n) is 5.86. The quantitative estimate of drug-likeness (QED) is 0.568. The van der Waals surface area contributed by atoms with E-state index in [4.69, 9.17) is 4.74 Å². The summed E-state index contributed by atoms with van der Waals surface area (Å²) in [5.41, 5.74) is 0.397. The molecule has 3 unspecified atom stereocenters. The van der Waals surface area contributed by atoms with Crippen molar-refractivity contribution in [3.8, 4) is 0 Å². The Morgan fingerprint density at radius 3 is 2.50 bits per heavy atom. The Kier molecular flexibility index (Phi) is 7.40. The molecule has 2 heteroatoms. The molecule has 0 saturated carbocycles. The van der Waals surface area contributed by atoms with Crippen molar-refractivity contribution in [3.63, 3.8) is 0 Å². The van der Waals surface area contributed by atoms with Gasteiger partial charge in [0.1, 0.15) is 12.4 Å². The first-order valence-electron chi connectivity index (χ1n) is 10.1. The molecule has 2 aliphatic rings. The van der Waals surface area contributed by atoms with Crippen LogP contribution in [-0.4, -0.2) is 31.1 Å². The Hall–Kier alpha value is -0.760. The molecule has 24 heavy (non-hydrogen) atoms. The minimum Gasteiger partial charge on any atom is -0.493 e. The van der Waals surface area contributed by atoms with Crippen molar-refractivity contribution < 1.29 is 4.74 Å². The molecule has 1 aliphatic heterocycles. The molecule has 0 aromatic rings. The first kappa shape index (κ1) is 19.6. The summed E-state index contributed by atoms with van der Waals surface area (Å²) >= 11 is 0. The normalized spacial score (nSPS) is 28.7. The van der Waals surface area contributed by atoms with Gasteiger partial charge in [0.25, 0.3) is 0 Å². The van der Waals surface area contributed by atoms with Crippen LogP contribution < -0.4 is 0 Å². The predicted molar refractivity (Wildman–Crippen MR) is 104 cm³/mol. The second-order valence-corrected chi connectivity index (χ2v) is 8.95. The maximum Gasteiger partial charge on any atom is 0.115 e. The van der Waals surface area contributed by atoms with E-state index in [1.807, 2.05) is 0 Å². The number of hydrogen-bond donors (Lipinski definition) is 0. The zero-order chi connectivity index (χ0) is 17.6. The SMILES string of the molecule is CCCCC(C)(C)C1C=CC(OCCN2CC(C)CC(C)C2)=CC1.